The summed E-state index contributed by atoms with van der Waals surface area (Å²) in [5, 5.41) is 14.6. The van der Waals surface area contributed by atoms with E-state index in [0.29, 0.717) is 21.7 Å². The van der Waals surface area contributed by atoms with Crippen LogP contribution in [0, 0.1) is 5.82 Å². The number of hydrogen-bond acceptors (Lipinski definition) is 6. The first-order valence-electron chi connectivity index (χ1n) is 7.48. The number of nitrogens with zero attached hydrogens (tertiary/aromatic N) is 3. The van der Waals surface area contributed by atoms with Gasteiger partial charge in [0.1, 0.15) is 18.2 Å². The minimum absolute atomic E-state index is 0.155. The number of carbonyl (C=O) groups is 1. The van der Waals surface area contributed by atoms with E-state index in [1.807, 2.05) is 0 Å². The topological polar surface area (TPSA) is 100 Å². The minimum atomic E-state index is -1.03. The first-order chi connectivity index (χ1) is 12.5. The van der Waals surface area contributed by atoms with E-state index in [0.717, 1.165) is 5.56 Å². The summed E-state index contributed by atoms with van der Waals surface area (Å²) in [6, 6.07) is 9.48. The molecule has 3 rings (SSSR count). The zero-order valence-electron chi connectivity index (χ0n) is 13.3. The fourth-order valence-corrected chi connectivity index (χ4v) is 2.59. The summed E-state index contributed by atoms with van der Waals surface area (Å²) in [6.45, 7) is -0.320. The number of aromatic nitrogens is 3. The van der Waals surface area contributed by atoms with Crippen LogP contribution in [0.4, 0.5) is 21.8 Å². The van der Waals surface area contributed by atoms with Gasteiger partial charge < -0.3 is 15.7 Å². The average Bonchev–Trinajstić information content (AvgIpc) is 2.63. The number of halogens is 2. The lowest BCUT2D eigenvalue weighted by atomic mass is 10.2. The van der Waals surface area contributed by atoms with Gasteiger partial charge in [0.2, 0.25) is 5.95 Å². The van der Waals surface area contributed by atoms with Gasteiger partial charge in [-0.05, 0) is 46.3 Å². The van der Waals surface area contributed by atoms with Gasteiger partial charge in [-0.1, -0.05) is 0 Å². The highest BCUT2D eigenvalue weighted by molar-refractivity contribution is 9.10. The highest BCUT2D eigenvalue weighted by Crippen LogP contribution is 2.28. The fourth-order valence-electron chi connectivity index (χ4n) is 2.14. The van der Waals surface area contributed by atoms with Crippen LogP contribution in [0.25, 0.3) is 11.3 Å². The molecule has 0 atom stereocenters. The summed E-state index contributed by atoms with van der Waals surface area (Å²) < 4.78 is 13.8. The molecule has 1 aromatic carbocycles. The van der Waals surface area contributed by atoms with E-state index in [2.05, 4.69) is 41.5 Å². The minimum Gasteiger partial charge on any atom is -0.480 e. The zero-order chi connectivity index (χ0) is 18.5. The Kier molecular flexibility index (Phi) is 5.37. The fraction of sp³-hybridized carbons (Fsp3) is 0.0588. The lowest BCUT2D eigenvalue weighted by molar-refractivity contribution is -0.134. The van der Waals surface area contributed by atoms with Crippen LogP contribution in [0.1, 0.15) is 0 Å². The van der Waals surface area contributed by atoms with E-state index in [1.54, 1.807) is 36.7 Å². The Balaban J connectivity index is 1.97. The van der Waals surface area contributed by atoms with Gasteiger partial charge in [0, 0.05) is 28.5 Å². The third kappa shape index (κ3) is 4.51. The molecule has 132 valence electrons. The third-order valence-electron chi connectivity index (χ3n) is 3.29. The van der Waals surface area contributed by atoms with E-state index in [1.165, 1.54) is 12.1 Å². The number of hydrogen-bond donors (Lipinski definition) is 3. The highest BCUT2D eigenvalue weighted by atomic mass is 79.9. The molecule has 2 aromatic heterocycles. The van der Waals surface area contributed by atoms with Gasteiger partial charge >= 0.3 is 5.97 Å². The van der Waals surface area contributed by atoms with Crippen molar-refractivity contribution in [2.45, 2.75) is 0 Å². The standard InChI is InChI=1S/C17H13BrFN5O2/c18-12-7-11(19)1-2-13(12)22-15-8-14(10-3-5-20-6-4-10)23-17(24-15)21-9-16(25)26/h1-8H,9H2,(H,25,26)(H2,21,22,23,24). The highest BCUT2D eigenvalue weighted by Gasteiger charge is 2.10. The monoisotopic (exact) mass is 417 g/mol. The number of rotatable bonds is 6. The Morgan fingerprint density at radius 3 is 2.62 bits per heavy atom. The van der Waals surface area contributed by atoms with Crippen molar-refractivity contribution in [2.24, 2.45) is 0 Å². The molecule has 26 heavy (non-hydrogen) atoms. The second kappa shape index (κ2) is 7.87. The molecule has 0 aliphatic rings. The first-order valence-corrected chi connectivity index (χ1v) is 8.28. The Labute approximate surface area is 156 Å². The quantitative estimate of drug-likeness (QED) is 0.562. The van der Waals surface area contributed by atoms with Crippen LogP contribution in [0.5, 0.6) is 0 Å². The van der Waals surface area contributed by atoms with Crippen LogP contribution >= 0.6 is 15.9 Å². The number of carboxylic acid groups (broad SMARTS) is 1. The van der Waals surface area contributed by atoms with E-state index >= 15 is 0 Å². The number of pyridine rings is 1. The second-order valence-corrected chi connectivity index (χ2v) is 6.05. The lowest BCUT2D eigenvalue weighted by Crippen LogP contribution is -2.15. The lowest BCUT2D eigenvalue weighted by Gasteiger charge is -2.12. The van der Waals surface area contributed by atoms with E-state index in [4.69, 9.17) is 5.11 Å². The van der Waals surface area contributed by atoms with Gasteiger partial charge in [-0.25, -0.2) is 9.37 Å². The van der Waals surface area contributed by atoms with E-state index in [-0.39, 0.29) is 18.3 Å². The van der Waals surface area contributed by atoms with Crippen LogP contribution < -0.4 is 10.6 Å². The van der Waals surface area contributed by atoms with Crippen molar-refractivity contribution in [2.75, 3.05) is 17.2 Å². The molecule has 0 aliphatic carbocycles. The molecule has 3 aromatic rings. The molecule has 7 nitrogen and oxygen atoms in total. The molecule has 9 heteroatoms. The van der Waals surface area contributed by atoms with Gasteiger partial charge in [-0.3, -0.25) is 9.78 Å². The van der Waals surface area contributed by atoms with Crippen LogP contribution in [-0.4, -0.2) is 32.6 Å². The largest absolute Gasteiger partial charge is 0.480 e. The predicted octanol–water partition coefficient (Wildman–Crippen LogP) is 3.68. The maximum absolute atomic E-state index is 13.3. The molecule has 0 radical (unpaired) electrons. The molecule has 0 amide bonds. The van der Waals surface area contributed by atoms with Crippen molar-refractivity contribution in [1.29, 1.82) is 0 Å². The van der Waals surface area contributed by atoms with Crippen molar-refractivity contribution in [3.63, 3.8) is 0 Å². The van der Waals surface area contributed by atoms with E-state index < -0.39 is 5.97 Å². The molecule has 0 spiro atoms. The summed E-state index contributed by atoms with van der Waals surface area (Å²) in [7, 11) is 0. The van der Waals surface area contributed by atoms with Crippen molar-refractivity contribution in [3.8, 4) is 11.3 Å². The number of anilines is 3. The van der Waals surface area contributed by atoms with Crippen molar-refractivity contribution < 1.29 is 14.3 Å². The SMILES string of the molecule is O=C(O)CNc1nc(Nc2ccc(F)cc2Br)cc(-c2ccncc2)n1. The summed E-state index contributed by atoms with van der Waals surface area (Å²) in [5.41, 5.74) is 1.98. The Hall–Kier alpha value is -3.07. The summed E-state index contributed by atoms with van der Waals surface area (Å²) in [6.07, 6.45) is 3.26. The van der Waals surface area contributed by atoms with Crippen LogP contribution in [0.15, 0.2) is 53.3 Å². The molecule has 0 aliphatic heterocycles. The molecule has 3 N–H and O–H groups in total. The van der Waals surface area contributed by atoms with Crippen molar-refractivity contribution in [3.05, 3.63) is 59.1 Å². The molecule has 0 fully saturated rings. The molecule has 0 saturated heterocycles. The van der Waals surface area contributed by atoms with Crippen molar-refractivity contribution >= 4 is 39.4 Å². The van der Waals surface area contributed by atoms with Gasteiger partial charge in [0.25, 0.3) is 0 Å². The summed E-state index contributed by atoms with van der Waals surface area (Å²) in [5.74, 6) is -0.820. The van der Waals surface area contributed by atoms with Crippen LogP contribution in [0.2, 0.25) is 0 Å². The number of aliphatic carboxylic acids is 1. The van der Waals surface area contributed by atoms with Gasteiger partial charge in [0.15, 0.2) is 0 Å². The molecular formula is C17H13BrFN5O2. The third-order valence-corrected chi connectivity index (χ3v) is 3.95. The summed E-state index contributed by atoms with van der Waals surface area (Å²) >= 11 is 3.29. The Morgan fingerprint density at radius 1 is 1.15 bits per heavy atom. The molecule has 0 bridgehead atoms. The van der Waals surface area contributed by atoms with Crippen LogP contribution in [0.3, 0.4) is 0 Å². The number of carboxylic acids is 1. The maximum atomic E-state index is 13.3. The van der Waals surface area contributed by atoms with E-state index in [9.17, 15) is 9.18 Å². The van der Waals surface area contributed by atoms with Crippen LogP contribution in [-0.2, 0) is 4.79 Å². The number of benzene rings is 1. The molecule has 0 unspecified atom stereocenters. The van der Waals surface area contributed by atoms with Gasteiger partial charge in [-0.15, -0.1) is 0 Å². The smallest absolute Gasteiger partial charge is 0.322 e. The Morgan fingerprint density at radius 2 is 1.92 bits per heavy atom. The zero-order valence-corrected chi connectivity index (χ0v) is 14.9. The molecular weight excluding hydrogens is 405 g/mol. The average molecular weight is 418 g/mol. The Bertz CT molecular complexity index is 940. The first kappa shape index (κ1) is 17.7. The predicted molar refractivity (Wildman–Crippen MR) is 98.8 cm³/mol. The van der Waals surface area contributed by atoms with Gasteiger partial charge in [-0.2, -0.15) is 4.98 Å². The molecule has 2 heterocycles. The second-order valence-electron chi connectivity index (χ2n) is 5.19. The van der Waals surface area contributed by atoms with Gasteiger partial charge in [0.05, 0.1) is 11.4 Å². The van der Waals surface area contributed by atoms with Crippen molar-refractivity contribution in [1.82, 2.24) is 15.0 Å². The molecule has 0 saturated carbocycles. The number of nitrogens with one attached hydrogen (secondary N) is 2. The normalized spacial score (nSPS) is 10.4. The summed E-state index contributed by atoms with van der Waals surface area (Å²) in [4.78, 5) is 23.4. The maximum Gasteiger partial charge on any atom is 0.322 e.